The molecule has 2 aromatic rings. The molecule has 0 radical (unpaired) electrons. The number of hydrogen-bond donors (Lipinski definition) is 2. The number of nitrogens with zero attached hydrogens (tertiary/aromatic N) is 1. The van der Waals surface area contributed by atoms with Crippen molar-refractivity contribution in [2.45, 2.75) is 24.7 Å². The molecule has 0 aliphatic carbocycles. The van der Waals surface area contributed by atoms with E-state index in [0.29, 0.717) is 5.56 Å². The van der Waals surface area contributed by atoms with Gasteiger partial charge in [0.2, 0.25) is 5.91 Å². The van der Waals surface area contributed by atoms with Crippen LogP contribution in [0.1, 0.15) is 23.6 Å². The Morgan fingerprint density at radius 1 is 1.18 bits per heavy atom. The molecular weight excluding hydrogens is 383 g/mol. The topological polar surface area (TPSA) is 52.6 Å². The predicted molar refractivity (Wildman–Crippen MR) is 91.4 cm³/mol. The number of rotatable bonds is 4. The first-order chi connectivity index (χ1) is 13.1. The zero-order valence-corrected chi connectivity index (χ0v) is 14.5. The van der Waals surface area contributed by atoms with E-state index in [1.165, 1.54) is 17.0 Å². The number of hydrogen-bond acceptors (Lipinski definition) is 3. The summed E-state index contributed by atoms with van der Waals surface area (Å²) in [6, 6.07) is 6.69. The molecule has 1 aliphatic heterocycles. The zero-order valence-electron chi connectivity index (χ0n) is 14.5. The first kappa shape index (κ1) is 20.2. The lowest BCUT2D eigenvalue weighted by Crippen LogP contribution is -2.34. The summed E-state index contributed by atoms with van der Waals surface area (Å²) in [4.78, 5) is 13.7. The van der Waals surface area contributed by atoms with Gasteiger partial charge in [0.25, 0.3) is 0 Å². The number of β-amino-alcohol motifs (C(OH)–C–C–N with tert-alkyl or cyclic N) is 1. The highest BCUT2D eigenvalue weighted by Gasteiger charge is 2.36. The fourth-order valence-corrected chi connectivity index (χ4v) is 3.29. The van der Waals surface area contributed by atoms with E-state index in [1.54, 1.807) is 0 Å². The number of halogens is 5. The standard InChI is InChI=1S/C19H17F5N2O2/c20-13-4-5-15(21)16(7-13)25-18(28)10-26-9-14(27)8-17(26)11-2-1-3-12(6-11)19(22,23)24/h1-7,14,17,27H,8-10H2,(H,25,28)/t14-,17-/m1/s1. The molecule has 0 unspecified atom stereocenters. The molecule has 4 nitrogen and oxygen atoms in total. The van der Waals surface area contributed by atoms with Crippen LogP contribution in [0, 0.1) is 11.6 Å². The van der Waals surface area contributed by atoms with Gasteiger partial charge >= 0.3 is 6.18 Å². The molecule has 0 saturated carbocycles. The molecule has 1 amide bonds. The van der Waals surface area contributed by atoms with E-state index in [0.717, 1.165) is 30.3 Å². The molecule has 3 rings (SSSR count). The molecule has 150 valence electrons. The van der Waals surface area contributed by atoms with Crippen molar-refractivity contribution in [3.05, 3.63) is 65.2 Å². The van der Waals surface area contributed by atoms with Crippen LogP contribution in [-0.2, 0) is 11.0 Å². The zero-order chi connectivity index (χ0) is 20.5. The minimum Gasteiger partial charge on any atom is -0.392 e. The number of aliphatic hydroxyl groups excluding tert-OH is 1. The maximum Gasteiger partial charge on any atom is 0.416 e. The van der Waals surface area contributed by atoms with Crippen molar-refractivity contribution in [2.24, 2.45) is 0 Å². The monoisotopic (exact) mass is 400 g/mol. The average Bonchev–Trinajstić information content (AvgIpc) is 2.97. The second-order valence-corrected chi connectivity index (χ2v) is 6.63. The van der Waals surface area contributed by atoms with Gasteiger partial charge in [-0.25, -0.2) is 8.78 Å². The smallest absolute Gasteiger partial charge is 0.392 e. The van der Waals surface area contributed by atoms with Gasteiger partial charge in [-0.1, -0.05) is 12.1 Å². The fraction of sp³-hybridized carbons (Fsp3) is 0.316. The Morgan fingerprint density at radius 3 is 2.64 bits per heavy atom. The Kier molecular flexibility index (Phi) is 5.66. The highest BCUT2D eigenvalue weighted by Crippen LogP contribution is 2.36. The molecule has 1 saturated heterocycles. The van der Waals surface area contributed by atoms with E-state index >= 15 is 0 Å². The molecule has 0 spiro atoms. The maximum absolute atomic E-state index is 13.7. The van der Waals surface area contributed by atoms with Gasteiger partial charge in [-0.05, 0) is 36.2 Å². The first-order valence-electron chi connectivity index (χ1n) is 8.47. The van der Waals surface area contributed by atoms with Crippen LogP contribution in [0.3, 0.4) is 0 Å². The van der Waals surface area contributed by atoms with Gasteiger partial charge in [0.15, 0.2) is 0 Å². The van der Waals surface area contributed by atoms with Crippen LogP contribution in [0.25, 0.3) is 0 Å². The Balaban J connectivity index is 1.75. The summed E-state index contributed by atoms with van der Waals surface area (Å²) in [6.07, 6.45) is -5.17. The Morgan fingerprint density at radius 2 is 1.93 bits per heavy atom. The molecular formula is C19H17F5N2O2. The Labute approximate surface area is 157 Å². The summed E-state index contributed by atoms with van der Waals surface area (Å²) in [7, 11) is 0. The van der Waals surface area contributed by atoms with Crippen molar-refractivity contribution in [2.75, 3.05) is 18.4 Å². The van der Waals surface area contributed by atoms with Crippen molar-refractivity contribution in [1.29, 1.82) is 0 Å². The largest absolute Gasteiger partial charge is 0.416 e. The van der Waals surface area contributed by atoms with Crippen LogP contribution < -0.4 is 5.32 Å². The first-order valence-corrected chi connectivity index (χ1v) is 8.47. The molecule has 1 heterocycles. The number of carbonyl (C=O) groups excluding carboxylic acids is 1. The molecule has 2 atom stereocenters. The number of benzene rings is 2. The summed E-state index contributed by atoms with van der Waals surface area (Å²) in [6.45, 7) is -0.228. The van der Waals surface area contributed by atoms with E-state index < -0.39 is 41.4 Å². The van der Waals surface area contributed by atoms with Crippen molar-refractivity contribution >= 4 is 11.6 Å². The molecule has 9 heteroatoms. The number of alkyl halides is 3. The summed E-state index contributed by atoms with van der Waals surface area (Å²) < 4.78 is 65.8. The summed E-state index contributed by atoms with van der Waals surface area (Å²) in [5.41, 5.74) is -0.839. The second-order valence-electron chi connectivity index (χ2n) is 6.63. The third-order valence-corrected chi connectivity index (χ3v) is 4.53. The van der Waals surface area contributed by atoms with E-state index in [4.69, 9.17) is 0 Å². The predicted octanol–water partition coefficient (Wildman–Crippen LogP) is 3.73. The van der Waals surface area contributed by atoms with Crippen LogP contribution in [0.15, 0.2) is 42.5 Å². The van der Waals surface area contributed by atoms with Crippen LogP contribution in [-0.4, -0.2) is 35.1 Å². The fourth-order valence-electron chi connectivity index (χ4n) is 3.29. The molecule has 2 aromatic carbocycles. The minimum atomic E-state index is -4.51. The molecule has 2 N–H and O–H groups in total. The second kappa shape index (κ2) is 7.84. The summed E-state index contributed by atoms with van der Waals surface area (Å²) in [5, 5.41) is 12.2. The number of anilines is 1. The van der Waals surface area contributed by atoms with Gasteiger partial charge in [-0.2, -0.15) is 13.2 Å². The number of amides is 1. The van der Waals surface area contributed by atoms with Crippen LogP contribution in [0.5, 0.6) is 0 Å². The van der Waals surface area contributed by atoms with Crippen LogP contribution in [0.2, 0.25) is 0 Å². The van der Waals surface area contributed by atoms with Gasteiger partial charge in [0, 0.05) is 18.7 Å². The number of aliphatic hydroxyl groups is 1. The van der Waals surface area contributed by atoms with Gasteiger partial charge in [-0.15, -0.1) is 0 Å². The molecule has 0 aromatic heterocycles. The van der Waals surface area contributed by atoms with E-state index in [9.17, 15) is 31.9 Å². The molecule has 1 aliphatic rings. The van der Waals surface area contributed by atoms with Gasteiger partial charge < -0.3 is 10.4 Å². The van der Waals surface area contributed by atoms with Crippen molar-refractivity contribution < 1.29 is 31.9 Å². The van der Waals surface area contributed by atoms with Crippen LogP contribution >= 0.6 is 0 Å². The number of likely N-dealkylation sites (tertiary alicyclic amines) is 1. The molecule has 0 bridgehead atoms. The van der Waals surface area contributed by atoms with E-state index in [2.05, 4.69) is 5.32 Å². The van der Waals surface area contributed by atoms with Gasteiger partial charge in [-0.3, -0.25) is 9.69 Å². The van der Waals surface area contributed by atoms with E-state index in [-0.39, 0.29) is 25.2 Å². The van der Waals surface area contributed by atoms with Crippen molar-refractivity contribution in [3.8, 4) is 0 Å². The lowest BCUT2D eigenvalue weighted by molar-refractivity contribution is -0.137. The summed E-state index contributed by atoms with van der Waals surface area (Å²) in [5.74, 6) is -2.21. The molecule has 28 heavy (non-hydrogen) atoms. The SMILES string of the molecule is O=C(CN1C[C@H](O)C[C@@H]1c1cccc(C(F)(F)F)c1)Nc1cc(F)ccc1F. The van der Waals surface area contributed by atoms with Gasteiger partial charge in [0.05, 0.1) is 23.9 Å². The highest BCUT2D eigenvalue weighted by molar-refractivity contribution is 5.92. The Hall–Kier alpha value is -2.52. The molecule has 1 fully saturated rings. The minimum absolute atomic E-state index is 0.0694. The lowest BCUT2D eigenvalue weighted by Gasteiger charge is -2.24. The summed E-state index contributed by atoms with van der Waals surface area (Å²) >= 11 is 0. The lowest BCUT2D eigenvalue weighted by atomic mass is 10.0. The maximum atomic E-state index is 13.7. The quantitative estimate of drug-likeness (QED) is 0.769. The average molecular weight is 400 g/mol. The van der Waals surface area contributed by atoms with Crippen molar-refractivity contribution in [1.82, 2.24) is 4.90 Å². The van der Waals surface area contributed by atoms with Crippen molar-refractivity contribution in [3.63, 3.8) is 0 Å². The number of nitrogens with one attached hydrogen (secondary N) is 1. The normalized spacial score (nSPS) is 20.4. The van der Waals surface area contributed by atoms with Crippen LogP contribution in [0.4, 0.5) is 27.6 Å². The Bertz CT molecular complexity index is 872. The third-order valence-electron chi connectivity index (χ3n) is 4.53. The number of carbonyl (C=O) groups is 1. The van der Waals surface area contributed by atoms with E-state index in [1.807, 2.05) is 0 Å². The van der Waals surface area contributed by atoms with Gasteiger partial charge in [0.1, 0.15) is 11.6 Å². The highest BCUT2D eigenvalue weighted by atomic mass is 19.4. The third kappa shape index (κ3) is 4.66.